The number of β-amino-alcohol motifs (C(OH)–C–C–N with tert-alkyl or cyclic N) is 1. The Morgan fingerprint density at radius 3 is 2.29 bits per heavy atom. The van der Waals surface area contributed by atoms with Gasteiger partial charge in [0.1, 0.15) is 0 Å². The van der Waals surface area contributed by atoms with Crippen molar-refractivity contribution in [1.82, 2.24) is 4.90 Å². The van der Waals surface area contributed by atoms with Crippen LogP contribution >= 0.6 is 23.2 Å². The molecule has 0 bridgehead atoms. The molecule has 0 aromatic heterocycles. The third-order valence-electron chi connectivity index (χ3n) is 7.34. The van der Waals surface area contributed by atoms with Gasteiger partial charge in [-0.2, -0.15) is 0 Å². The third-order valence-corrected chi connectivity index (χ3v) is 8.08. The number of hydrogen-bond donors (Lipinski definition) is 1. The Morgan fingerprint density at radius 2 is 1.65 bits per heavy atom. The van der Waals surface area contributed by atoms with Crippen LogP contribution in [0, 0.1) is 5.41 Å². The summed E-state index contributed by atoms with van der Waals surface area (Å²) in [7, 11) is 0. The number of nitrogens with zero attached hydrogens (tertiary/aromatic N) is 2. The number of rotatable bonds is 5. The second-order valence-corrected chi connectivity index (χ2v) is 10.2. The van der Waals surface area contributed by atoms with Gasteiger partial charge in [0.2, 0.25) is 5.91 Å². The van der Waals surface area contributed by atoms with E-state index in [1.54, 1.807) is 12.1 Å². The minimum absolute atomic E-state index is 0.250. The first-order chi connectivity index (χ1) is 14.9. The topological polar surface area (TPSA) is 43.8 Å². The number of anilines is 1. The fourth-order valence-electron chi connectivity index (χ4n) is 5.11. The molecule has 1 N–H and O–H groups in total. The summed E-state index contributed by atoms with van der Waals surface area (Å²) in [5.74, 6) is 1.01. The zero-order chi connectivity index (χ0) is 21.6. The van der Waals surface area contributed by atoms with Gasteiger partial charge in [-0.1, -0.05) is 41.4 Å². The Labute approximate surface area is 193 Å². The summed E-state index contributed by atoms with van der Waals surface area (Å²) in [4.78, 5) is 17.6. The van der Waals surface area contributed by atoms with E-state index >= 15 is 0 Å². The molecule has 1 spiro atoms. The van der Waals surface area contributed by atoms with Crippen molar-refractivity contribution in [2.45, 2.75) is 44.1 Å². The fraction of sp³-hybridized carbons (Fsp3) is 0.480. The maximum Gasteiger partial charge on any atom is 0.233 e. The molecular formula is C25H28Cl2N2O2. The normalized spacial score (nSPS) is 22.3. The number of aliphatic hydroxyl groups excluding tert-OH is 1. The third kappa shape index (κ3) is 4.23. The monoisotopic (exact) mass is 458 g/mol. The molecule has 2 aromatic rings. The largest absolute Gasteiger partial charge is 0.387 e. The summed E-state index contributed by atoms with van der Waals surface area (Å²) in [6.07, 6.45) is 4.57. The Bertz CT molecular complexity index is 966. The molecule has 1 amide bonds. The minimum atomic E-state index is -0.621. The van der Waals surface area contributed by atoms with Gasteiger partial charge in [0.15, 0.2) is 0 Å². The van der Waals surface area contributed by atoms with Gasteiger partial charge in [-0.25, -0.2) is 0 Å². The van der Waals surface area contributed by atoms with Gasteiger partial charge >= 0.3 is 0 Å². The Balaban J connectivity index is 1.19. The highest BCUT2D eigenvalue weighted by atomic mass is 35.5. The van der Waals surface area contributed by atoms with E-state index < -0.39 is 6.10 Å². The predicted octanol–water partition coefficient (Wildman–Crippen LogP) is 5.42. The van der Waals surface area contributed by atoms with Crippen molar-refractivity contribution in [2.24, 2.45) is 5.41 Å². The van der Waals surface area contributed by atoms with E-state index in [0.717, 1.165) is 56.1 Å². The summed E-state index contributed by atoms with van der Waals surface area (Å²) in [6.45, 7) is 2.97. The molecule has 3 aliphatic rings. The van der Waals surface area contributed by atoms with Gasteiger partial charge < -0.3 is 14.9 Å². The highest BCUT2D eigenvalue weighted by Crippen LogP contribution is 2.44. The second-order valence-electron chi connectivity index (χ2n) is 9.34. The Morgan fingerprint density at radius 1 is 0.968 bits per heavy atom. The molecule has 2 aromatic carbocycles. The molecule has 1 saturated carbocycles. The molecule has 31 heavy (non-hydrogen) atoms. The Hall–Kier alpha value is -1.59. The highest BCUT2D eigenvalue weighted by molar-refractivity contribution is 6.42. The summed E-state index contributed by atoms with van der Waals surface area (Å²) in [5, 5.41) is 11.6. The quantitative estimate of drug-likeness (QED) is 0.649. The molecule has 1 aliphatic carbocycles. The second kappa shape index (κ2) is 8.40. The molecule has 164 valence electrons. The van der Waals surface area contributed by atoms with Crippen LogP contribution in [-0.4, -0.2) is 42.1 Å². The highest BCUT2D eigenvalue weighted by Gasteiger charge is 2.48. The average Bonchev–Trinajstić information content (AvgIpc) is 3.58. The maximum atomic E-state index is 13.4. The van der Waals surface area contributed by atoms with Crippen LogP contribution in [0.25, 0.3) is 0 Å². The number of carbonyl (C=O) groups excluding carboxylic acids is 1. The van der Waals surface area contributed by atoms with Crippen LogP contribution in [0.1, 0.15) is 55.3 Å². The van der Waals surface area contributed by atoms with E-state index in [2.05, 4.69) is 29.2 Å². The molecule has 1 unspecified atom stereocenters. The van der Waals surface area contributed by atoms with Crippen LogP contribution in [0.3, 0.4) is 0 Å². The number of benzene rings is 2. The first kappa shape index (κ1) is 21.3. The number of amides is 1. The number of aliphatic hydroxyl groups is 1. The van der Waals surface area contributed by atoms with Gasteiger partial charge in [-0.05, 0) is 86.5 Å². The first-order valence-electron chi connectivity index (χ1n) is 11.2. The summed E-state index contributed by atoms with van der Waals surface area (Å²) in [6, 6.07) is 13.9. The Kier molecular flexibility index (Phi) is 5.76. The average molecular weight is 459 g/mol. The number of hydrogen-bond acceptors (Lipinski definition) is 3. The van der Waals surface area contributed by atoms with E-state index in [-0.39, 0.29) is 11.3 Å². The minimum Gasteiger partial charge on any atom is -0.387 e. The van der Waals surface area contributed by atoms with Crippen LogP contribution in [-0.2, 0) is 4.79 Å². The summed E-state index contributed by atoms with van der Waals surface area (Å²) < 4.78 is 0. The van der Waals surface area contributed by atoms with Crippen LogP contribution in [0.2, 0.25) is 10.0 Å². The number of halogens is 2. The molecule has 2 heterocycles. The van der Waals surface area contributed by atoms with Gasteiger partial charge in [-0.3, -0.25) is 4.79 Å². The van der Waals surface area contributed by atoms with Crippen LogP contribution in [0.15, 0.2) is 42.5 Å². The van der Waals surface area contributed by atoms with Gasteiger partial charge in [0.05, 0.1) is 21.6 Å². The lowest BCUT2D eigenvalue weighted by Crippen LogP contribution is -2.45. The molecule has 2 saturated heterocycles. The number of likely N-dealkylation sites (tertiary alicyclic amines) is 1. The van der Waals surface area contributed by atoms with Crippen molar-refractivity contribution in [3.05, 3.63) is 63.6 Å². The fourth-order valence-corrected chi connectivity index (χ4v) is 5.41. The molecule has 5 rings (SSSR count). The van der Waals surface area contributed by atoms with E-state index in [1.165, 1.54) is 18.4 Å². The molecule has 2 aliphatic heterocycles. The van der Waals surface area contributed by atoms with Crippen molar-refractivity contribution in [3.8, 4) is 0 Å². The van der Waals surface area contributed by atoms with Crippen LogP contribution in [0.5, 0.6) is 0 Å². The first-order valence-corrected chi connectivity index (χ1v) is 12.0. The molecule has 1 atom stereocenters. The lowest BCUT2D eigenvalue weighted by molar-refractivity contribution is -0.128. The maximum absolute atomic E-state index is 13.4. The molecule has 0 radical (unpaired) electrons. The van der Waals surface area contributed by atoms with Crippen LogP contribution < -0.4 is 4.90 Å². The lowest BCUT2D eigenvalue weighted by atomic mass is 9.77. The summed E-state index contributed by atoms with van der Waals surface area (Å²) in [5.41, 5.74) is 2.95. The van der Waals surface area contributed by atoms with Gasteiger partial charge in [-0.15, -0.1) is 0 Å². The number of carbonyl (C=O) groups is 1. The predicted molar refractivity (Wildman–Crippen MR) is 125 cm³/mol. The molecular weight excluding hydrogens is 431 g/mol. The van der Waals surface area contributed by atoms with Gasteiger partial charge in [0, 0.05) is 18.8 Å². The van der Waals surface area contributed by atoms with Crippen molar-refractivity contribution >= 4 is 34.8 Å². The van der Waals surface area contributed by atoms with Crippen LogP contribution in [0.4, 0.5) is 5.69 Å². The standard InChI is InChI=1S/C25H28Cl2N2O2/c26-21-8-5-19(15-22(21)27)23(30)16-28-12-9-25(10-13-28)11-14-29(24(25)31)20-6-3-18(4-7-20)17-1-2-17/h3-8,15,17,23,30H,1-2,9-14,16H2. The van der Waals surface area contributed by atoms with E-state index in [0.29, 0.717) is 16.6 Å². The lowest BCUT2D eigenvalue weighted by Gasteiger charge is -2.38. The molecule has 3 fully saturated rings. The van der Waals surface area contributed by atoms with Crippen molar-refractivity contribution in [3.63, 3.8) is 0 Å². The van der Waals surface area contributed by atoms with Gasteiger partial charge in [0.25, 0.3) is 0 Å². The van der Waals surface area contributed by atoms with E-state index in [9.17, 15) is 9.90 Å². The van der Waals surface area contributed by atoms with Crippen molar-refractivity contribution < 1.29 is 9.90 Å². The molecule has 4 nitrogen and oxygen atoms in total. The van der Waals surface area contributed by atoms with E-state index in [4.69, 9.17) is 23.2 Å². The molecule has 6 heteroatoms. The SMILES string of the molecule is O=C1N(c2ccc(C3CC3)cc2)CCC12CCN(CC(O)c1ccc(Cl)c(Cl)c1)CC2. The number of piperidine rings is 1. The smallest absolute Gasteiger partial charge is 0.233 e. The van der Waals surface area contributed by atoms with Crippen molar-refractivity contribution in [2.75, 3.05) is 31.1 Å². The van der Waals surface area contributed by atoms with Crippen molar-refractivity contribution in [1.29, 1.82) is 0 Å². The zero-order valence-electron chi connectivity index (χ0n) is 17.6. The summed E-state index contributed by atoms with van der Waals surface area (Å²) >= 11 is 12.1. The van der Waals surface area contributed by atoms with E-state index in [1.807, 2.05) is 11.0 Å². The zero-order valence-corrected chi connectivity index (χ0v) is 19.1.